The molecule has 0 N–H and O–H groups in total. The van der Waals surface area contributed by atoms with E-state index in [2.05, 4.69) is 27.8 Å². The first-order chi connectivity index (χ1) is 7.35. The van der Waals surface area contributed by atoms with Crippen LogP contribution in [0.25, 0.3) is 0 Å². The summed E-state index contributed by atoms with van der Waals surface area (Å²) in [5.74, 6) is 6.09. The Morgan fingerprint density at radius 2 is 1.73 bits per heavy atom. The van der Waals surface area contributed by atoms with Crippen LogP contribution >= 0.6 is 15.9 Å². The molecule has 0 amide bonds. The van der Waals surface area contributed by atoms with Crippen LogP contribution in [0, 0.1) is 11.8 Å². The molecule has 88 valence electrons. The highest BCUT2D eigenvalue weighted by molar-refractivity contribution is 9.09. The molecule has 0 aliphatic carbocycles. The maximum Gasteiger partial charge on any atom is 0.222 e. The number of halogens is 1. The van der Waals surface area contributed by atoms with Gasteiger partial charge in [0.25, 0.3) is 0 Å². The van der Waals surface area contributed by atoms with Crippen LogP contribution in [0.1, 0.15) is 39.5 Å². The SMILES string of the molecule is CCOC(C#CCCCCCBr)OCC. The minimum absolute atomic E-state index is 0.337. The fourth-order valence-corrected chi connectivity index (χ4v) is 1.47. The quantitative estimate of drug-likeness (QED) is 0.293. The Hall–Kier alpha value is -0.0400. The summed E-state index contributed by atoms with van der Waals surface area (Å²) in [4.78, 5) is 0. The fraction of sp³-hybridized carbons (Fsp3) is 0.833. The van der Waals surface area contributed by atoms with Gasteiger partial charge in [0.1, 0.15) is 0 Å². The van der Waals surface area contributed by atoms with Crippen LogP contribution in [0.5, 0.6) is 0 Å². The Balaban J connectivity index is 3.59. The largest absolute Gasteiger partial charge is 0.342 e. The predicted octanol–water partition coefficient (Wildman–Crippen LogP) is 3.34. The second-order valence-corrected chi connectivity index (χ2v) is 3.86. The monoisotopic (exact) mass is 276 g/mol. The van der Waals surface area contributed by atoms with E-state index in [4.69, 9.17) is 9.47 Å². The molecule has 0 radical (unpaired) electrons. The highest BCUT2D eigenvalue weighted by atomic mass is 79.9. The summed E-state index contributed by atoms with van der Waals surface area (Å²) in [6, 6.07) is 0. The lowest BCUT2D eigenvalue weighted by atomic mass is 10.2. The Kier molecular flexibility index (Phi) is 12.0. The molecule has 0 atom stereocenters. The van der Waals surface area contributed by atoms with Gasteiger partial charge in [-0.05, 0) is 32.6 Å². The average Bonchev–Trinajstić information content (AvgIpc) is 2.24. The van der Waals surface area contributed by atoms with E-state index in [9.17, 15) is 0 Å². The molecule has 0 fully saturated rings. The molecule has 0 aromatic carbocycles. The first kappa shape index (κ1) is 15.0. The van der Waals surface area contributed by atoms with Crippen LogP contribution in [-0.2, 0) is 9.47 Å². The summed E-state index contributed by atoms with van der Waals surface area (Å²) in [5.41, 5.74) is 0. The van der Waals surface area contributed by atoms with Crippen LogP contribution in [-0.4, -0.2) is 24.8 Å². The summed E-state index contributed by atoms with van der Waals surface area (Å²) in [7, 11) is 0. The topological polar surface area (TPSA) is 18.5 Å². The Bertz CT molecular complexity index is 178. The Labute approximate surface area is 102 Å². The van der Waals surface area contributed by atoms with Crippen molar-refractivity contribution >= 4 is 15.9 Å². The minimum atomic E-state index is -0.337. The molecule has 0 spiro atoms. The van der Waals surface area contributed by atoms with Crippen molar-refractivity contribution in [3.63, 3.8) is 0 Å². The number of unbranched alkanes of at least 4 members (excludes halogenated alkanes) is 3. The van der Waals surface area contributed by atoms with Gasteiger partial charge in [-0.25, -0.2) is 0 Å². The summed E-state index contributed by atoms with van der Waals surface area (Å²) in [6.45, 7) is 5.18. The second-order valence-electron chi connectivity index (χ2n) is 3.06. The van der Waals surface area contributed by atoms with Crippen LogP contribution in [0.15, 0.2) is 0 Å². The molecule has 0 rings (SSSR count). The molecule has 3 heteroatoms. The van der Waals surface area contributed by atoms with E-state index in [0.29, 0.717) is 13.2 Å². The van der Waals surface area contributed by atoms with Crippen molar-refractivity contribution in [3.05, 3.63) is 0 Å². The summed E-state index contributed by atoms with van der Waals surface area (Å²) in [6.07, 6.45) is 4.21. The third-order valence-corrected chi connectivity index (χ3v) is 2.35. The third-order valence-electron chi connectivity index (χ3n) is 1.79. The molecule has 0 unspecified atom stereocenters. The van der Waals surface area contributed by atoms with Crippen molar-refractivity contribution in [2.75, 3.05) is 18.5 Å². The van der Waals surface area contributed by atoms with Crippen LogP contribution in [0.4, 0.5) is 0 Å². The van der Waals surface area contributed by atoms with E-state index in [0.717, 1.165) is 18.2 Å². The third kappa shape index (κ3) is 10.2. The minimum Gasteiger partial charge on any atom is -0.342 e. The van der Waals surface area contributed by atoms with E-state index in [1.807, 2.05) is 13.8 Å². The lowest BCUT2D eigenvalue weighted by Crippen LogP contribution is -2.14. The van der Waals surface area contributed by atoms with E-state index in [-0.39, 0.29) is 6.29 Å². The molecule has 15 heavy (non-hydrogen) atoms. The fourth-order valence-electron chi connectivity index (χ4n) is 1.07. The lowest BCUT2D eigenvalue weighted by molar-refractivity contribution is -0.0970. The standard InChI is InChI=1S/C12H21BrO2/c1-3-14-12(15-4-2)10-8-6-5-7-9-11-13/h12H,3-7,9,11H2,1-2H3. The molecule has 0 aromatic rings. The van der Waals surface area contributed by atoms with Crippen molar-refractivity contribution in [1.29, 1.82) is 0 Å². The van der Waals surface area contributed by atoms with Crippen LogP contribution in [0.2, 0.25) is 0 Å². The Morgan fingerprint density at radius 3 is 2.27 bits per heavy atom. The first-order valence-electron chi connectivity index (χ1n) is 5.62. The maximum atomic E-state index is 5.31. The first-order valence-corrected chi connectivity index (χ1v) is 6.74. The van der Waals surface area contributed by atoms with Gasteiger partial charge in [-0.1, -0.05) is 28.3 Å². The number of hydrogen-bond donors (Lipinski definition) is 0. The molecular formula is C12H21BrO2. The van der Waals surface area contributed by atoms with Crippen molar-refractivity contribution in [1.82, 2.24) is 0 Å². The van der Waals surface area contributed by atoms with E-state index < -0.39 is 0 Å². The van der Waals surface area contributed by atoms with Gasteiger partial charge in [0.2, 0.25) is 6.29 Å². The zero-order valence-electron chi connectivity index (χ0n) is 9.72. The highest BCUT2D eigenvalue weighted by Gasteiger charge is 2.00. The number of ether oxygens (including phenoxy) is 2. The van der Waals surface area contributed by atoms with Crippen LogP contribution < -0.4 is 0 Å². The molecule has 0 aromatic heterocycles. The number of hydrogen-bond acceptors (Lipinski definition) is 2. The van der Waals surface area contributed by atoms with Gasteiger partial charge in [0.15, 0.2) is 0 Å². The number of alkyl halides is 1. The lowest BCUT2D eigenvalue weighted by Gasteiger charge is -2.09. The number of rotatable bonds is 8. The molecule has 0 aliphatic heterocycles. The summed E-state index contributed by atoms with van der Waals surface area (Å²) >= 11 is 3.41. The van der Waals surface area contributed by atoms with E-state index in [1.165, 1.54) is 12.8 Å². The predicted molar refractivity (Wildman–Crippen MR) is 67.1 cm³/mol. The molecule has 0 bridgehead atoms. The van der Waals surface area contributed by atoms with Gasteiger partial charge in [-0.15, -0.1) is 0 Å². The van der Waals surface area contributed by atoms with E-state index >= 15 is 0 Å². The second kappa shape index (κ2) is 12.0. The maximum absolute atomic E-state index is 5.31. The zero-order chi connectivity index (χ0) is 11.4. The molecule has 0 aliphatic rings. The normalized spacial score (nSPS) is 10.1. The van der Waals surface area contributed by atoms with Crippen molar-refractivity contribution in [2.45, 2.75) is 45.8 Å². The van der Waals surface area contributed by atoms with Gasteiger partial charge in [0, 0.05) is 25.0 Å². The molecule has 2 nitrogen and oxygen atoms in total. The summed E-state index contributed by atoms with van der Waals surface area (Å²) in [5, 5.41) is 1.08. The molecular weight excluding hydrogens is 256 g/mol. The molecule has 0 saturated carbocycles. The van der Waals surface area contributed by atoms with Gasteiger partial charge in [0.05, 0.1) is 0 Å². The van der Waals surface area contributed by atoms with E-state index in [1.54, 1.807) is 0 Å². The average molecular weight is 277 g/mol. The van der Waals surface area contributed by atoms with Crippen molar-refractivity contribution in [2.24, 2.45) is 0 Å². The van der Waals surface area contributed by atoms with Gasteiger partial charge in [-0.2, -0.15) is 0 Å². The van der Waals surface area contributed by atoms with Gasteiger partial charge in [-0.3, -0.25) is 0 Å². The highest BCUT2D eigenvalue weighted by Crippen LogP contribution is 2.01. The smallest absolute Gasteiger partial charge is 0.222 e. The van der Waals surface area contributed by atoms with Crippen molar-refractivity contribution < 1.29 is 9.47 Å². The summed E-state index contributed by atoms with van der Waals surface area (Å²) < 4.78 is 10.6. The Morgan fingerprint density at radius 1 is 1.07 bits per heavy atom. The zero-order valence-corrected chi connectivity index (χ0v) is 11.3. The van der Waals surface area contributed by atoms with Gasteiger partial charge < -0.3 is 9.47 Å². The molecule has 0 saturated heterocycles. The molecule has 0 heterocycles. The van der Waals surface area contributed by atoms with Crippen LogP contribution in [0.3, 0.4) is 0 Å². The van der Waals surface area contributed by atoms with Crippen molar-refractivity contribution in [3.8, 4) is 11.8 Å². The van der Waals surface area contributed by atoms with Gasteiger partial charge >= 0.3 is 0 Å².